The van der Waals surface area contributed by atoms with Crippen LogP contribution in [-0.4, -0.2) is 43.2 Å². The standard InChI is InChI=1S/C18H22ClN3O3/c19-13-1-2-15-16(11-13)25-18(21-15)22-7-3-12(4-8-22)17(23)20-14-5-9-24-10-6-14/h1-2,11-12,14H,3-10H2,(H,20,23). The van der Waals surface area contributed by atoms with E-state index in [0.29, 0.717) is 16.6 Å². The van der Waals surface area contributed by atoms with Gasteiger partial charge in [-0.1, -0.05) is 11.6 Å². The molecule has 2 fully saturated rings. The fraction of sp³-hybridized carbons (Fsp3) is 0.556. The minimum absolute atomic E-state index is 0.0675. The summed E-state index contributed by atoms with van der Waals surface area (Å²) in [5.74, 6) is 0.244. The van der Waals surface area contributed by atoms with Crippen molar-refractivity contribution in [3.05, 3.63) is 23.2 Å². The Morgan fingerprint density at radius 2 is 1.96 bits per heavy atom. The molecule has 1 amide bonds. The Morgan fingerprint density at radius 3 is 2.72 bits per heavy atom. The zero-order valence-electron chi connectivity index (χ0n) is 14.0. The van der Waals surface area contributed by atoms with E-state index >= 15 is 0 Å². The number of nitrogens with one attached hydrogen (secondary N) is 1. The van der Waals surface area contributed by atoms with Crippen molar-refractivity contribution >= 4 is 34.6 Å². The highest BCUT2D eigenvalue weighted by molar-refractivity contribution is 6.31. The SMILES string of the molecule is O=C(NC1CCOCC1)C1CCN(c2nc3ccc(Cl)cc3o2)CC1. The van der Waals surface area contributed by atoms with Crippen molar-refractivity contribution in [1.29, 1.82) is 0 Å². The molecule has 4 rings (SSSR count). The molecule has 3 heterocycles. The van der Waals surface area contributed by atoms with E-state index in [1.807, 2.05) is 12.1 Å². The molecule has 0 radical (unpaired) electrons. The maximum Gasteiger partial charge on any atom is 0.298 e. The summed E-state index contributed by atoms with van der Waals surface area (Å²) in [4.78, 5) is 19.1. The van der Waals surface area contributed by atoms with Gasteiger partial charge >= 0.3 is 0 Å². The summed E-state index contributed by atoms with van der Waals surface area (Å²) >= 11 is 5.99. The van der Waals surface area contributed by atoms with Gasteiger partial charge in [0.1, 0.15) is 5.52 Å². The van der Waals surface area contributed by atoms with Gasteiger partial charge in [-0.2, -0.15) is 4.98 Å². The van der Waals surface area contributed by atoms with Crippen molar-refractivity contribution in [2.24, 2.45) is 5.92 Å². The van der Waals surface area contributed by atoms with Crippen LogP contribution in [0, 0.1) is 5.92 Å². The van der Waals surface area contributed by atoms with Crippen molar-refractivity contribution in [3.63, 3.8) is 0 Å². The maximum absolute atomic E-state index is 12.5. The second-order valence-corrected chi connectivity index (χ2v) is 7.20. The molecule has 2 aromatic rings. The maximum atomic E-state index is 12.5. The first-order chi connectivity index (χ1) is 12.2. The Balaban J connectivity index is 1.34. The Bertz CT molecular complexity index is 749. The molecule has 1 N–H and O–H groups in total. The van der Waals surface area contributed by atoms with Crippen LogP contribution in [0.15, 0.2) is 22.6 Å². The van der Waals surface area contributed by atoms with Crippen LogP contribution in [0.1, 0.15) is 25.7 Å². The van der Waals surface area contributed by atoms with Crippen LogP contribution in [0.5, 0.6) is 0 Å². The van der Waals surface area contributed by atoms with E-state index in [-0.39, 0.29) is 17.9 Å². The molecule has 2 aliphatic rings. The summed E-state index contributed by atoms with van der Waals surface area (Å²) in [6.07, 6.45) is 3.45. The largest absolute Gasteiger partial charge is 0.423 e. The molecule has 6 nitrogen and oxygen atoms in total. The monoisotopic (exact) mass is 363 g/mol. The van der Waals surface area contributed by atoms with E-state index in [1.54, 1.807) is 6.07 Å². The number of ether oxygens (including phenoxy) is 1. The number of oxazole rings is 1. The molecule has 0 bridgehead atoms. The fourth-order valence-corrected chi connectivity index (χ4v) is 3.68. The zero-order valence-corrected chi connectivity index (χ0v) is 14.8. The second kappa shape index (κ2) is 7.22. The van der Waals surface area contributed by atoms with E-state index in [0.717, 1.165) is 57.5 Å². The lowest BCUT2D eigenvalue weighted by molar-refractivity contribution is -0.126. The highest BCUT2D eigenvalue weighted by atomic mass is 35.5. The van der Waals surface area contributed by atoms with Crippen LogP contribution in [0.2, 0.25) is 5.02 Å². The number of nitrogens with zero attached hydrogens (tertiary/aromatic N) is 2. The smallest absolute Gasteiger partial charge is 0.298 e. The third kappa shape index (κ3) is 3.75. The number of rotatable bonds is 3. The van der Waals surface area contributed by atoms with E-state index < -0.39 is 0 Å². The van der Waals surface area contributed by atoms with E-state index in [9.17, 15) is 4.79 Å². The van der Waals surface area contributed by atoms with Crippen LogP contribution in [0.4, 0.5) is 6.01 Å². The molecule has 0 unspecified atom stereocenters. The number of hydrogen-bond acceptors (Lipinski definition) is 5. The predicted molar refractivity (Wildman–Crippen MR) is 95.9 cm³/mol. The van der Waals surface area contributed by atoms with Crippen LogP contribution in [0.25, 0.3) is 11.1 Å². The Labute approximate surface area is 151 Å². The van der Waals surface area contributed by atoms with Crippen molar-refractivity contribution in [2.45, 2.75) is 31.7 Å². The highest BCUT2D eigenvalue weighted by Crippen LogP contribution is 2.28. The van der Waals surface area contributed by atoms with Crippen LogP contribution < -0.4 is 10.2 Å². The van der Waals surface area contributed by atoms with Gasteiger partial charge < -0.3 is 19.4 Å². The summed E-state index contributed by atoms with van der Waals surface area (Å²) in [6.45, 7) is 3.02. The molecule has 0 aliphatic carbocycles. The Morgan fingerprint density at radius 1 is 1.20 bits per heavy atom. The Hall–Kier alpha value is -1.79. The van der Waals surface area contributed by atoms with Gasteiger partial charge in [-0.25, -0.2) is 0 Å². The summed E-state index contributed by atoms with van der Waals surface area (Å²) in [7, 11) is 0. The van der Waals surface area contributed by atoms with Crippen LogP contribution in [-0.2, 0) is 9.53 Å². The van der Waals surface area contributed by atoms with E-state index in [4.69, 9.17) is 20.8 Å². The van der Waals surface area contributed by atoms with Gasteiger partial charge in [0.05, 0.1) is 0 Å². The van der Waals surface area contributed by atoms with E-state index in [1.165, 1.54) is 0 Å². The molecule has 2 saturated heterocycles. The average Bonchev–Trinajstić information content (AvgIpc) is 3.06. The topological polar surface area (TPSA) is 67.6 Å². The number of carbonyl (C=O) groups is 1. The van der Waals surface area contributed by atoms with Gasteiger partial charge in [0.2, 0.25) is 5.91 Å². The van der Waals surface area contributed by atoms with Gasteiger partial charge in [0.25, 0.3) is 6.01 Å². The highest BCUT2D eigenvalue weighted by Gasteiger charge is 2.28. The van der Waals surface area contributed by atoms with Gasteiger partial charge in [-0.05, 0) is 37.8 Å². The van der Waals surface area contributed by atoms with Crippen LogP contribution >= 0.6 is 11.6 Å². The number of piperidine rings is 1. The van der Waals surface area contributed by atoms with Gasteiger partial charge in [-0.15, -0.1) is 0 Å². The third-order valence-corrected chi connectivity index (χ3v) is 5.28. The summed E-state index contributed by atoms with van der Waals surface area (Å²) in [5, 5.41) is 3.82. The fourth-order valence-electron chi connectivity index (χ4n) is 3.52. The number of anilines is 1. The zero-order chi connectivity index (χ0) is 17.2. The lowest BCUT2D eigenvalue weighted by atomic mass is 9.95. The molecule has 0 saturated carbocycles. The minimum atomic E-state index is 0.0675. The third-order valence-electron chi connectivity index (χ3n) is 5.04. The Kier molecular flexibility index (Phi) is 4.81. The molecule has 1 aromatic heterocycles. The number of aromatic nitrogens is 1. The molecule has 7 heteroatoms. The molecule has 2 aliphatic heterocycles. The molecular weight excluding hydrogens is 342 g/mol. The van der Waals surface area contributed by atoms with Gasteiger partial charge in [0, 0.05) is 49.4 Å². The lowest BCUT2D eigenvalue weighted by Crippen LogP contribution is -2.45. The average molecular weight is 364 g/mol. The van der Waals surface area contributed by atoms with Crippen molar-refractivity contribution < 1.29 is 13.9 Å². The number of benzene rings is 1. The first-order valence-corrected chi connectivity index (χ1v) is 9.26. The van der Waals surface area contributed by atoms with Crippen molar-refractivity contribution in [2.75, 3.05) is 31.2 Å². The number of amides is 1. The predicted octanol–water partition coefficient (Wildman–Crippen LogP) is 2.99. The lowest BCUT2D eigenvalue weighted by Gasteiger charge is -2.31. The van der Waals surface area contributed by atoms with E-state index in [2.05, 4.69) is 15.2 Å². The number of hydrogen-bond donors (Lipinski definition) is 1. The molecular formula is C18H22ClN3O3. The summed E-state index contributed by atoms with van der Waals surface area (Å²) in [5.41, 5.74) is 1.50. The molecule has 25 heavy (non-hydrogen) atoms. The molecule has 0 atom stereocenters. The molecule has 0 spiro atoms. The first kappa shape index (κ1) is 16.7. The van der Waals surface area contributed by atoms with Gasteiger partial charge in [-0.3, -0.25) is 4.79 Å². The molecule has 1 aromatic carbocycles. The van der Waals surface area contributed by atoms with Crippen molar-refractivity contribution in [1.82, 2.24) is 10.3 Å². The number of carbonyl (C=O) groups excluding carboxylic acids is 1. The van der Waals surface area contributed by atoms with Crippen molar-refractivity contribution in [3.8, 4) is 0 Å². The minimum Gasteiger partial charge on any atom is -0.423 e. The molecule has 134 valence electrons. The quantitative estimate of drug-likeness (QED) is 0.908. The van der Waals surface area contributed by atoms with Crippen LogP contribution in [0.3, 0.4) is 0 Å². The number of halogens is 1. The van der Waals surface area contributed by atoms with Gasteiger partial charge in [0.15, 0.2) is 5.58 Å². The number of fused-ring (bicyclic) bond motifs is 1. The summed E-state index contributed by atoms with van der Waals surface area (Å²) in [6, 6.07) is 6.32. The second-order valence-electron chi connectivity index (χ2n) is 6.77. The summed E-state index contributed by atoms with van der Waals surface area (Å²) < 4.78 is 11.2. The first-order valence-electron chi connectivity index (χ1n) is 8.88. The normalized spacial score (nSPS) is 20.1.